The second-order valence-corrected chi connectivity index (χ2v) is 6.50. The summed E-state index contributed by atoms with van der Waals surface area (Å²) < 4.78 is 0. The van der Waals surface area contributed by atoms with Gasteiger partial charge in [0.2, 0.25) is 23.7 Å². The van der Waals surface area contributed by atoms with E-state index in [-0.39, 0.29) is 43.0 Å². The Morgan fingerprint density at radius 2 is 1.80 bits per heavy atom. The van der Waals surface area contributed by atoms with Crippen molar-refractivity contribution >= 4 is 41.1 Å². The molecular formula is C18H20N8O4. The highest BCUT2D eigenvalue weighted by Gasteiger charge is 2.28. The SMILES string of the molecule is NC(=O)CNc1cc(C(N)=O)nc(N2CCN(c3cccc(C(N)=O)c3)C(=O)C2)n1. The summed E-state index contributed by atoms with van der Waals surface area (Å²) in [5.74, 6) is -1.96. The van der Waals surface area contributed by atoms with Crippen LogP contribution in [0.15, 0.2) is 30.3 Å². The van der Waals surface area contributed by atoms with Crippen molar-refractivity contribution in [1.82, 2.24) is 9.97 Å². The number of hydrogen-bond acceptors (Lipinski definition) is 8. The largest absolute Gasteiger partial charge is 0.368 e. The summed E-state index contributed by atoms with van der Waals surface area (Å²) in [5.41, 5.74) is 16.5. The van der Waals surface area contributed by atoms with Crippen LogP contribution in [0.5, 0.6) is 0 Å². The van der Waals surface area contributed by atoms with Gasteiger partial charge in [-0.1, -0.05) is 6.07 Å². The summed E-state index contributed by atoms with van der Waals surface area (Å²) in [6.45, 7) is 0.370. The van der Waals surface area contributed by atoms with E-state index in [0.717, 1.165) is 0 Å². The van der Waals surface area contributed by atoms with Crippen molar-refractivity contribution in [3.05, 3.63) is 41.6 Å². The number of carbonyl (C=O) groups excluding carboxylic acids is 4. The van der Waals surface area contributed by atoms with Gasteiger partial charge in [0.05, 0.1) is 6.54 Å². The number of amides is 4. The first-order valence-corrected chi connectivity index (χ1v) is 8.91. The predicted molar refractivity (Wildman–Crippen MR) is 108 cm³/mol. The van der Waals surface area contributed by atoms with Crippen LogP contribution in [0.2, 0.25) is 0 Å². The molecule has 0 bridgehead atoms. The number of aromatic nitrogens is 2. The van der Waals surface area contributed by atoms with E-state index in [9.17, 15) is 19.2 Å². The Kier molecular flexibility index (Phi) is 5.76. The lowest BCUT2D eigenvalue weighted by molar-refractivity contribution is -0.118. The molecule has 1 fully saturated rings. The predicted octanol–water partition coefficient (Wildman–Crippen LogP) is -1.58. The van der Waals surface area contributed by atoms with Crippen LogP contribution >= 0.6 is 0 Å². The normalized spacial score (nSPS) is 13.8. The van der Waals surface area contributed by atoms with E-state index in [2.05, 4.69) is 15.3 Å². The van der Waals surface area contributed by atoms with Crippen molar-refractivity contribution in [2.24, 2.45) is 17.2 Å². The zero-order valence-corrected chi connectivity index (χ0v) is 15.9. The van der Waals surface area contributed by atoms with Gasteiger partial charge in [0, 0.05) is 30.4 Å². The molecule has 1 aliphatic heterocycles. The van der Waals surface area contributed by atoms with Gasteiger partial charge in [-0.05, 0) is 18.2 Å². The molecule has 1 saturated heterocycles. The quantitative estimate of drug-likeness (QED) is 0.419. The van der Waals surface area contributed by atoms with Gasteiger partial charge < -0.3 is 32.3 Å². The van der Waals surface area contributed by atoms with Crippen LogP contribution in [0, 0.1) is 0 Å². The zero-order valence-electron chi connectivity index (χ0n) is 15.9. The van der Waals surface area contributed by atoms with Gasteiger partial charge in [-0.2, -0.15) is 4.98 Å². The molecule has 0 aliphatic carbocycles. The van der Waals surface area contributed by atoms with E-state index in [4.69, 9.17) is 17.2 Å². The molecule has 156 valence electrons. The molecule has 30 heavy (non-hydrogen) atoms. The van der Waals surface area contributed by atoms with E-state index in [1.165, 1.54) is 11.0 Å². The Morgan fingerprint density at radius 3 is 2.43 bits per heavy atom. The molecule has 12 heteroatoms. The van der Waals surface area contributed by atoms with Crippen LogP contribution in [-0.2, 0) is 9.59 Å². The first kappa shape index (κ1) is 20.5. The molecule has 0 radical (unpaired) electrons. The lowest BCUT2D eigenvalue weighted by Crippen LogP contribution is -2.51. The number of rotatable bonds is 7. The van der Waals surface area contributed by atoms with E-state index < -0.39 is 17.7 Å². The van der Waals surface area contributed by atoms with Crippen molar-refractivity contribution in [1.29, 1.82) is 0 Å². The summed E-state index contributed by atoms with van der Waals surface area (Å²) in [5, 5.41) is 2.68. The van der Waals surface area contributed by atoms with E-state index in [0.29, 0.717) is 17.8 Å². The lowest BCUT2D eigenvalue weighted by atomic mass is 10.1. The molecule has 1 aromatic heterocycles. The monoisotopic (exact) mass is 412 g/mol. The summed E-state index contributed by atoms with van der Waals surface area (Å²) >= 11 is 0. The molecule has 0 unspecified atom stereocenters. The van der Waals surface area contributed by atoms with Gasteiger partial charge in [0.1, 0.15) is 18.1 Å². The molecule has 12 nitrogen and oxygen atoms in total. The Hall–Kier alpha value is -4.22. The van der Waals surface area contributed by atoms with Crippen molar-refractivity contribution in [3.63, 3.8) is 0 Å². The summed E-state index contributed by atoms with van der Waals surface area (Å²) in [7, 11) is 0. The molecule has 0 atom stereocenters. The zero-order chi connectivity index (χ0) is 21.8. The van der Waals surface area contributed by atoms with Gasteiger partial charge in [-0.3, -0.25) is 19.2 Å². The van der Waals surface area contributed by atoms with Crippen LogP contribution in [0.25, 0.3) is 0 Å². The summed E-state index contributed by atoms with van der Waals surface area (Å²) in [6, 6.07) is 7.76. The van der Waals surface area contributed by atoms with Gasteiger partial charge in [0.25, 0.3) is 5.91 Å². The minimum absolute atomic E-state index is 0.0712. The third-order valence-electron chi connectivity index (χ3n) is 4.36. The van der Waals surface area contributed by atoms with E-state index >= 15 is 0 Å². The first-order chi connectivity index (χ1) is 14.2. The molecule has 2 heterocycles. The Morgan fingerprint density at radius 1 is 1.03 bits per heavy atom. The minimum Gasteiger partial charge on any atom is -0.368 e. The fourth-order valence-corrected chi connectivity index (χ4v) is 2.91. The van der Waals surface area contributed by atoms with Crippen LogP contribution in [0.1, 0.15) is 20.8 Å². The smallest absolute Gasteiger partial charge is 0.267 e. The number of nitrogens with zero attached hydrogens (tertiary/aromatic N) is 4. The highest BCUT2D eigenvalue weighted by molar-refractivity contribution is 6.00. The standard InChI is InChI=1S/C18H20N8O4/c19-13(27)8-22-14-7-12(17(21)30)23-18(24-14)25-4-5-26(15(28)9-25)11-3-1-2-10(6-11)16(20)29/h1-3,6-7H,4-5,8-9H2,(H2,19,27)(H2,20,29)(H2,21,30)(H,22,23,24). The van der Waals surface area contributed by atoms with Crippen LogP contribution < -0.4 is 32.3 Å². The Labute approximate surface area is 171 Å². The third-order valence-corrected chi connectivity index (χ3v) is 4.36. The maximum atomic E-state index is 12.7. The van der Waals surface area contributed by atoms with Crippen LogP contribution in [0.4, 0.5) is 17.5 Å². The van der Waals surface area contributed by atoms with Crippen molar-refractivity contribution in [3.8, 4) is 0 Å². The van der Waals surface area contributed by atoms with E-state index in [1.54, 1.807) is 29.2 Å². The number of anilines is 3. The number of primary amides is 3. The second-order valence-electron chi connectivity index (χ2n) is 6.50. The summed E-state index contributed by atoms with van der Waals surface area (Å²) in [6.07, 6.45) is 0. The second kappa shape index (κ2) is 8.43. The molecule has 7 N–H and O–H groups in total. The molecule has 2 aromatic rings. The van der Waals surface area contributed by atoms with Crippen molar-refractivity contribution < 1.29 is 19.2 Å². The number of nitrogens with two attached hydrogens (primary N) is 3. The van der Waals surface area contributed by atoms with Crippen LogP contribution in [0.3, 0.4) is 0 Å². The molecule has 3 rings (SSSR count). The summed E-state index contributed by atoms with van der Waals surface area (Å²) in [4.78, 5) is 58.1. The average Bonchev–Trinajstić information content (AvgIpc) is 2.72. The van der Waals surface area contributed by atoms with Gasteiger partial charge in [-0.15, -0.1) is 0 Å². The Bertz CT molecular complexity index is 1020. The number of nitrogens with one attached hydrogen (secondary N) is 1. The fourth-order valence-electron chi connectivity index (χ4n) is 2.91. The minimum atomic E-state index is -0.783. The third kappa shape index (κ3) is 4.60. The van der Waals surface area contributed by atoms with Gasteiger partial charge in [-0.25, -0.2) is 4.98 Å². The Balaban J connectivity index is 1.81. The first-order valence-electron chi connectivity index (χ1n) is 8.91. The maximum Gasteiger partial charge on any atom is 0.267 e. The van der Waals surface area contributed by atoms with Gasteiger partial charge >= 0.3 is 0 Å². The highest BCUT2D eigenvalue weighted by Crippen LogP contribution is 2.21. The lowest BCUT2D eigenvalue weighted by Gasteiger charge is -2.34. The highest BCUT2D eigenvalue weighted by atomic mass is 16.2. The topological polar surface area (TPSA) is 191 Å². The van der Waals surface area contributed by atoms with Crippen molar-refractivity contribution in [2.75, 3.05) is 41.3 Å². The fraction of sp³-hybridized carbons (Fsp3) is 0.222. The number of hydrogen-bond donors (Lipinski definition) is 4. The molecule has 4 amide bonds. The molecule has 1 aromatic carbocycles. The molecule has 0 spiro atoms. The van der Waals surface area contributed by atoms with E-state index in [1.807, 2.05) is 0 Å². The molecule has 0 saturated carbocycles. The van der Waals surface area contributed by atoms with Crippen LogP contribution in [-0.4, -0.2) is 59.8 Å². The average molecular weight is 412 g/mol. The maximum absolute atomic E-state index is 12.7. The number of benzene rings is 1. The number of carbonyl (C=O) groups is 4. The molecule has 1 aliphatic rings. The number of piperazine rings is 1. The van der Waals surface area contributed by atoms with Crippen molar-refractivity contribution in [2.45, 2.75) is 0 Å². The van der Waals surface area contributed by atoms with Gasteiger partial charge in [0.15, 0.2) is 0 Å². The molecular weight excluding hydrogens is 392 g/mol.